The Morgan fingerprint density at radius 1 is 1.35 bits per heavy atom. The highest BCUT2D eigenvalue weighted by Gasteiger charge is 2.16. The Balaban J connectivity index is 1.64. The molecule has 20 heavy (non-hydrogen) atoms. The maximum atomic E-state index is 4.08. The number of benzene rings is 1. The number of imidazole rings is 1. The average Bonchev–Trinajstić information content (AvgIpc) is 3.03. The summed E-state index contributed by atoms with van der Waals surface area (Å²) in [5.74, 6) is 2.57. The van der Waals surface area contributed by atoms with Crippen molar-refractivity contribution in [3.05, 3.63) is 48.5 Å². The van der Waals surface area contributed by atoms with Crippen LogP contribution in [0.3, 0.4) is 0 Å². The molecule has 2 aromatic rings. The van der Waals surface area contributed by atoms with Crippen LogP contribution in [0.1, 0.15) is 31.4 Å². The van der Waals surface area contributed by atoms with E-state index in [1.807, 2.05) is 17.1 Å². The zero-order valence-corrected chi connectivity index (χ0v) is 12.6. The van der Waals surface area contributed by atoms with Crippen molar-refractivity contribution in [1.82, 2.24) is 14.9 Å². The lowest BCUT2D eigenvalue weighted by Gasteiger charge is -2.26. The summed E-state index contributed by atoms with van der Waals surface area (Å²) >= 11 is 2.07. The first-order valence-electron chi connectivity index (χ1n) is 7.25. The van der Waals surface area contributed by atoms with Crippen molar-refractivity contribution >= 4 is 11.8 Å². The van der Waals surface area contributed by atoms with E-state index in [0.717, 1.165) is 5.69 Å². The van der Waals surface area contributed by atoms with Gasteiger partial charge >= 0.3 is 0 Å². The van der Waals surface area contributed by atoms with Crippen molar-refractivity contribution < 1.29 is 0 Å². The Morgan fingerprint density at radius 2 is 2.20 bits per heavy atom. The van der Waals surface area contributed by atoms with E-state index < -0.39 is 0 Å². The maximum Gasteiger partial charge on any atom is 0.0991 e. The first kappa shape index (κ1) is 13.7. The fourth-order valence-corrected chi connectivity index (χ4v) is 3.75. The van der Waals surface area contributed by atoms with Gasteiger partial charge in [0.05, 0.1) is 6.33 Å². The molecule has 1 aromatic carbocycles. The topological polar surface area (TPSA) is 29.9 Å². The molecule has 2 atom stereocenters. The van der Waals surface area contributed by atoms with E-state index in [-0.39, 0.29) is 0 Å². The lowest BCUT2D eigenvalue weighted by atomic mass is 10.1. The van der Waals surface area contributed by atoms with E-state index in [1.54, 1.807) is 6.20 Å². The van der Waals surface area contributed by atoms with Crippen LogP contribution in [0, 0.1) is 0 Å². The predicted octanol–water partition coefficient (Wildman–Crippen LogP) is 3.42. The standard InChI is InChI=1S/C16H21N3S/c1-13(18-15-3-2-10-20-11-15)14-4-6-16(7-5-14)19-9-8-17-12-19/h4-9,12-13,15,18H,2-3,10-11H2,1H3. The number of nitrogens with zero attached hydrogens (tertiary/aromatic N) is 2. The second-order valence-corrected chi connectivity index (χ2v) is 6.51. The molecule has 106 valence electrons. The molecule has 1 aliphatic rings. The Kier molecular flexibility index (Phi) is 4.43. The van der Waals surface area contributed by atoms with Gasteiger partial charge in [-0.2, -0.15) is 11.8 Å². The summed E-state index contributed by atoms with van der Waals surface area (Å²) in [6.07, 6.45) is 8.25. The van der Waals surface area contributed by atoms with Gasteiger partial charge in [0.2, 0.25) is 0 Å². The van der Waals surface area contributed by atoms with Crippen LogP contribution in [0.2, 0.25) is 0 Å². The van der Waals surface area contributed by atoms with Gasteiger partial charge in [-0.15, -0.1) is 0 Å². The number of thioether (sulfide) groups is 1. The van der Waals surface area contributed by atoms with Gasteiger partial charge < -0.3 is 9.88 Å². The number of rotatable bonds is 4. The van der Waals surface area contributed by atoms with Gasteiger partial charge in [-0.1, -0.05) is 12.1 Å². The molecule has 2 unspecified atom stereocenters. The van der Waals surface area contributed by atoms with Gasteiger partial charge in [-0.05, 0) is 43.2 Å². The van der Waals surface area contributed by atoms with Crippen molar-refractivity contribution in [1.29, 1.82) is 0 Å². The normalized spacial score (nSPS) is 20.8. The molecule has 3 nitrogen and oxygen atoms in total. The monoisotopic (exact) mass is 287 g/mol. The first-order chi connectivity index (χ1) is 9.83. The summed E-state index contributed by atoms with van der Waals surface area (Å²) < 4.78 is 2.03. The minimum Gasteiger partial charge on any atom is -0.307 e. The van der Waals surface area contributed by atoms with Gasteiger partial charge in [0.1, 0.15) is 0 Å². The molecular formula is C16H21N3S. The Bertz CT molecular complexity index is 515. The predicted molar refractivity (Wildman–Crippen MR) is 85.5 cm³/mol. The van der Waals surface area contributed by atoms with E-state index in [1.165, 1.54) is 29.9 Å². The summed E-state index contributed by atoms with van der Waals surface area (Å²) in [7, 11) is 0. The maximum absolute atomic E-state index is 4.08. The minimum absolute atomic E-state index is 0.413. The van der Waals surface area contributed by atoms with E-state index in [0.29, 0.717) is 12.1 Å². The molecule has 1 saturated heterocycles. The van der Waals surface area contributed by atoms with Gasteiger partial charge in [-0.3, -0.25) is 0 Å². The lowest BCUT2D eigenvalue weighted by molar-refractivity contribution is 0.453. The number of hydrogen-bond donors (Lipinski definition) is 1. The summed E-state index contributed by atoms with van der Waals surface area (Å²) in [4.78, 5) is 4.08. The van der Waals surface area contributed by atoms with Crippen molar-refractivity contribution in [3.8, 4) is 5.69 Å². The van der Waals surface area contributed by atoms with Crippen LogP contribution in [0.4, 0.5) is 0 Å². The third-order valence-corrected chi connectivity index (χ3v) is 5.06. The van der Waals surface area contributed by atoms with Crippen molar-refractivity contribution in [2.75, 3.05) is 11.5 Å². The van der Waals surface area contributed by atoms with Gasteiger partial charge in [-0.25, -0.2) is 4.98 Å². The fourth-order valence-electron chi connectivity index (χ4n) is 2.67. The Morgan fingerprint density at radius 3 is 2.85 bits per heavy atom. The third kappa shape index (κ3) is 3.25. The number of hydrogen-bond acceptors (Lipinski definition) is 3. The zero-order valence-electron chi connectivity index (χ0n) is 11.8. The van der Waals surface area contributed by atoms with E-state index in [9.17, 15) is 0 Å². The molecule has 0 spiro atoms. The molecule has 0 radical (unpaired) electrons. The van der Waals surface area contributed by atoms with Crippen molar-refractivity contribution in [3.63, 3.8) is 0 Å². The largest absolute Gasteiger partial charge is 0.307 e. The van der Waals surface area contributed by atoms with Crippen LogP contribution in [0.5, 0.6) is 0 Å². The highest BCUT2D eigenvalue weighted by Crippen LogP contribution is 2.21. The minimum atomic E-state index is 0.413. The molecule has 1 aromatic heterocycles. The summed E-state index contributed by atoms with van der Waals surface area (Å²) in [6, 6.07) is 9.81. The average molecular weight is 287 g/mol. The van der Waals surface area contributed by atoms with E-state index >= 15 is 0 Å². The van der Waals surface area contributed by atoms with Crippen LogP contribution in [0.25, 0.3) is 5.69 Å². The second kappa shape index (κ2) is 6.46. The lowest BCUT2D eigenvalue weighted by Crippen LogP contribution is -2.35. The quantitative estimate of drug-likeness (QED) is 0.934. The summed E-state index contributed by atoms with van der Waals surface area (Å²) in [5, 5.41) is 3.75. The van der Waals surface area contributed by atoms with Crippen LogP contribution in [-0.2, 0) is 0 Å². The number of nitrogens with one attached hydrogen (secondary N) is 1. The third-order valence-electron chi connectivity index (χ3n) is 3.84. The second-order valence-electron chi connectivity index (χ2n) is 5.36. The van der Waals surface area contributed by atoms with Gasteiger partial charge in [0.15, 0.2) is 0 Å². The molecular weight excluding hydrogens is 266 g/mol. The highest BCUT2D eigenvalue weighted by atomic mass is 32.2. The first-order valence-corrected chi connectivity index (χ1v) is 8.40. The highest BCUT2D eigenvalue weighted by molar-refractivity contribution is 7.99. The van der Waals surface area contributed by atoms with Gasteiger partial charge in [0, 0.05) is 35.9 Å². The molecule has 0 amide bonds. The molecule has 1 fully saturated rings. The van der Waals surface area contributed by atoms with E-state index in [4.69, 9.17) is 0 Å². The van der Waals surface area contributed by atoms with Crippen molar-refractivity contribution in [2.45, 2.75) is 31.8 Å². The van der Waals surface area contributed by atoms with E-state index in [2.05, 4.69) is 53.3 Å². The SMILES string of the molecule is CC(NC1CCCSC1)c1ccc(-n2ccnc2)cc1. The Hall–Kier alpha value is -1.26. The van der Waals surface area contributed by atoms with Crippen LogP contribution in [0.15, 0.2) is 43.0 Å². The molecule has 4 heteroatoms. The number of aromatic nitrogens is 2. The van der Waals surface area contributed by atoms with Gasteiger partial charge in [0.25, 0.3) is 0 Å². The molecule has 2 heterocycles. The zero-order chi connectivity index (χ0) is 13.8. The van der Waals surface area contributed by atoms with Crippen LogP contribution in [-0.4, -0.2) is 27.1 Å². The molecule has 1 N–H and O–H groups in total. The Labute approximate surface area is 124 Å². The molecule has 0 aliphatic carbocycles. The van der Waals surface area contributed by atoms with Crippen LogP contribution >= 0.6 is 11.8 Å². The molecule has 1 aliphatic heterocycles. The summed E-state index contributed by atoms with van der Waals surface area (Å²) in [5.41, 5.74) is 2.51. The van der Waals surface area contributed by atoms with Crippen LogP contribution < -0.4 is 5.32 Å². The molecule has 3 rings (SSSR count). The van der Waals surface area contributed by atoms with Crippen molar-refractivity contribution in [2.24, 2.45) is 0 Å². The molecule has 0 saturated carbocycles. The molecule has 0 bridgehead atoms. The smallest absolute Gasteiger partial charge is 0.0991 e. The summed E-state index contributed by atoms with van der Waals surface area (Å²) in [6.45, 7) is 2.26. The fraction of sp³-hybridized carbons (Fsp3) is 0.438.